The second kappa shape index (κ2) is 17.4. The molecule has 8 nitrogen and oxygen atoms in total. The van der Waals surface area contributed by atoms with Crippen LogP contribution in [-0.2, 0) is 0 Å². The Morgan fingerprint density at radius 3 is 1.74 bits per heavy atom. The van der Waals surface area contributed by atoms with E-state index in [1.54, 1.807) is 31.4 Å². The van der Waals surface area contributed by atoms with Crippen LogP contribution in [0.5, 0.6) is 28.7 Å². The highest BCUT2D eigenvalue weighted by molar-refractivity contribution is 5.71. The van der Waals surface area contributed by atoms with Crippen molar-refractivity contribution in [2.24, 2.45) is 11.8 Å². The molecular formula is C38H49N3O5. The predicted molar refractivity (Wildman–Crippen MR) is 184 cm³/mol. The maximum absolute atomic E-state index is 11.1. The highest BCUT2D eigenvalue weighted by atomic mass is 16.5. The van der Waals surface area contributed by atoms with Gasteiger partial charge in [-0.15, -0.1) is 0 Å². The molecule has 4 rings (SSSR count). The number of benzene rings is 3. The van der Waals surface area contributed by atoms with Gasteiger partial charge in [-0.2, -0.15) is 0 Å². The molecular weight excluding hydrogens is 578 g/mol. The lowest BCUT2D eigenvalue weighted by molar-refractivity contribution is 0.232. The Morgan fingerprint density at radius 2 is 1.17 bits per heavy atom. The zero-order valence-electron chi connectivity index (χ0n) is 28.0. The molecule has 46 heavy (non-hydrogen) atoms. The van der Waals surface area contributed by atoms with Crippen molar-refractivity contribution in [3.05, 3.63) is 60.7 Å². The molecule has 0 amide bonds. The van der Waals surface area contributed by atoms with Crippen LogP contribution in [0.25, 0.3) is 34.2 Å². The van der Waals surface area contributed by atoms with Crippen molar-refractivity contribution in [2.75, 3.05) is 20.3 Å². The van der Waals surface area contributed by atoms with Gasteiger partial charge in [0.2, 0.25) is 0 Å². The van der Waals surface area contributed by atoms with E-state index in [1.807, 2.05) is 36.4 Å². The Morgan fingerprint density at radius 1 is 0.609 bits per heavy atom. The molecule has 2 N–H and O–H groups in total. The van der Waals surface area contributed by atoms with E-state index in [2.05, 4.69) is 27.7 Å². The van der Waals surface area contributed by atoms with E-state index < -0.39 is 0 Å². The fourth-order valence-electron chi connectivity index (χ4n) is 5.31. The number of nitrogens with zero attached hydrogens (tertiary/aromatic N) is 3. The number of unbranched alkanes of at least 4 members (excludes halogenated alkanes) is 2. The lowest BCUT2D eigenvalue weighted by Crippen LogP contribution is -2.11. The van der Waals surface area contributed by atoms with Gasteiger partial charge in [0, 0.05) is 23.3 Å². The lowest BCUT2D eigenvalue weighted by atomic mass is 10.0. The molecule has 0 aliphatic carbocycles. The Balaban J connectivity index is 1.69. The van der Waals surface area contributed by atoms with Crippen molar-refractivity contribution in [1.82, 2.24) is 15.0 Å². The van der Waals surface area contributed by atoms with Gasteiger partial charge in [-0.25, -0.2) is 15.0 Å². The number of aromatic nitrogens is 3. The number of hydrogen-bond acceptors (Lipinski definition) is 8. The van der Waals surface area contributed by atoms with Crippen molar-refractivity contribution >= 4 is 0 Å². The van der Waals surface area contributed by atoms with Crippen LogP contribution in [0.3, 0.4) is 0 Å². The van der Waals surface area contributed by atoms with Gasteiger partial charge in [-0.05, 0) is 73.2 Å². The molecule has 1 heterocycles. The summed E-state index contributed by atoms with van der Waals surface area (Å²) in [6.07, 6.45) is 8.94. The maximum atomic E-state index is 11.1. The number of aromatic hydroxyl groups is 2. The van der Waals surface area contributed by atoms with Gasteiger partial charge in [-0.1, -0.05) is 66.2 Å². The third kappa shape index (κ3) is 9.59. The molecule has 0 fully saturated rings. The third-order valence-electron chi connectivity index (χ3n) is 8.40. The minimum absolute atomic E-state index is 0.00885. The van der Waals surface area contributed by atoms with Crippen LogP contribution >= 0.6 is 0 Å². The van der Waals surface area contributed by atoms with Crippen molar-refractivity contribution in [3.63, 3.8) is 0 Å². The van der Waals surface area contributed by atoms with Crippen LogP contribution in [-0.4, -0.2) is 45.5 Å². The smallest absolute Gasteiger partial charge is 0.167 e. The molecule has 0 bridgehead atoms. The molecule has 0 radical (unpaired) electrons. The van der Waals surface area contributed by atoms with Crippen molar-refractivity contribution in [3.8, 4) is 62.9 Å². The number of phenolic OH excluding ortho intramolecular Hbond substituents is 2. The summed E-state index contributed by atoms with van der Waals surface area (Å²) < 4.78 is 17.6. The minimum Gasteiger partial charge on any atom is -0.508 e. The summed E-state index contributed by atoms with van der Waals surface area (Å²) in [4.78, 5) is 14.3. The van der Waals surface area contributed by atoms with Crippen molar-refractivity contribution in [2.45, 2.75) is 79.1 Å². The summed E-state index contributed by atoms with van der Waals surface area (Å²) in [7, 11) is 1.62. The molecule has 246 valence electrons. The Bertz CT molecular complexity index is 1530. The summed E-state index contributed by atoms with van der Waals surface area (Å²) in [6, 6.07) is 17.7. The normalized spacial score (nSPS) is 12.5. The average Bonchev–Trinajstić information content (AvgIpc) is 3.08. The number of phenols is 2. The number of hydrogen-bond donors (Lipinski definition) is 2. The van der Waals surface area contributed by atoms with Crippen LogP contribution in [0.15, 0.2) is 60.7 Å². The highest BCUT2D eigenvalue weighted by Crippen LogP contribution is 2.35. The first-order valence-corrected chi connectivity index (χ1v) is 16.7. The molecule has 0 saturated heterocycles. The van der Waals surface area contributed by atoms with Crippen LogP contribution in [0, 0.1) is 11.8 Å². The standard InChI is InChI=1S/C38H49N3O5/c1-6-10-12-26(8-3)24-45-32-18-19-34(35(43)23-32)38-40-36(28-14-16-31(44-5)17-15-28)39-37(41-38)29-20-30(42)22-33(21-29)46-25-27(9-4)13-11-7-2/h14-23,26-27,42-43H,6-13,24-25H2,1-5H3/t26-,27-/m1/s1. The summed E-state index contributed by atoms with van der Waals surface area (Å²) in [6.45, 7) is 9.91. The quantitative estimate of drug-likeness (QED) is 0.112. The fourth-order valence-corrected chi connectivity index (χ4v) is 5.31. The fraction of sp³-hybridized carbons (Fsp3) is 0.447. The molecule has 8 heteroatoms. The van der Waals surface area contributed by atoms with E-state index in [9.17, 15) is 10.2 Å². The monoisotopic (exact) mass is 627 g/mol. The van der Waals surface area contributed by atoms with Gasteiger partial charge in [0.25, 0.3) is 0 Å². The Labute approximate surface area is 273 Å². The molecule has 0 spiro atoms. The predicted octanol–water partition coefficient (Wildman–Crippen LogP) is 9.48. The molecule has 0 aliphatic rings. The number of methoxy groups -OCH3 is 1. The van der Waals surface area contributed by atoms with E-state index in [0.717, 1.165) is 50.5 Å². The molecule has 0 unspecified atom stereocenters. The first-order chi connectivity index (χ1) is 22.4. The molecule has 0 saturated carbocycles. The van der Waals surface area contributed by atoms with E-state index in [1.165, 1.54) is 6.42 Å². The second-order valence-corrected chi connectivity index (χ2v) is 11.9. The summed E-state index contributed by atoms with van der Waals surface area (Å²) in [5.74, 6) is 3.89. The largest absolute Gasteiger partial charge is 0.508 e. The van der Waals surface area contributed by atoms with E-state index in [-0.39, 0.29) is 11.5 Å². The zero-order valence-corrected chi connectivity index (χ0v) is 28.0. The van der Waals surface area contributed by atoms with Crippen LogP contribution in [0.1, 0.15) is 79.1 Å². The first kappa shape index (κ1) is 34.5. The Kier molecular flexibility index (Phi) is 13.1. The molecule has 4 aromatic rings. The van der Waals surface area contributed by atoms with Gasteiger partial charge in [0.15, 0.2) is 17.5 Å². The van der Waals surface area contributed by atoms with Crippen LogP contribution < -0.4 is 14.2 Å². The maximum Gasteiger partial charge on any atom is 0.167 e. The minimum atomic E-state index is 0.00885. The van der Waals surface area contributed by atoms with E-state index in [0.29, 0.717) is 70.9 Å². The van der Waals surface area contributed by atoms with E-state index in [4.69, 9.17) is 29.2 Å². The second-order valence-electron chi connectivity index (χ2n) is 11.9. The first-order valence-electron chi connectivity index (χ1n) is 16.7. The van der Waals surface area contributed by atoms with Gasteiger partial charge in [0.05, 0.1) is 25.9 Å². The van der Waals surface area contributed by atoms with Gasteiger partial charge < -0.3 is 24.4 Å². The summed E-state index contributed by atoms with van der Waals surface area (Å²) >= 11 is 0. The van der Waals surface area contributed by atoms with Crippen molar-refractivity contribution in [1.29, 1.82) is 0 Å². The average molecular weight is 628 g/mol. The Hall–Kier alpha value is -4.33. The summed E-state index contributed by atoms with van der Waals surface area (Å²) in [5, 5.41) is 21.8. The lowest BCUT2D eigenvalue weighted by Gasteiger charge is -2.17. The number of rotatable bonds is 18. The molecule has 3 aromatic carbocycles. The highest BCUT2D eigenvalue weighted by Gasteiger charge is 2.18. The summed E-state index contributed by atoms with van der Waals surface area (Å²) in [5.41, 5.74) is 1.77. The molecule has 1 aromatic heterocycles. The third-order valence-corrected chi connectivity index (χ3v) is 8.40. The molecule has 2 atom stereocenters. The molecule has 0 aliphatic heterocycles. The van der Waals surface area contributed by atoms with Crippen LogP contribution in [0.2, 0.25) is 0 Å². The van der Waals surface area contributed by atoms with Crippen LogP contribution in [0.4, 0.5) is 0 Å². The zero-order chi connectivity index (χ0) is 32.9. The number of ether oxygens (including phenoxy) is 3. The van der Waals surface area contributed by atoms with Gasteiger partial charge >= 0.3 is 0 Å². The van der Waals surface area contributed by atoms with Gasteiger partial charge in [-0.3, -0.25) is 0 Å². The van der Waals surface area contributed by atoms with Crippen molar-refractivity contribution < 1.29 is 24.4 Å². The van der Waals surface area contributed by atoms with E-state index >= 15 is 0 Å². The SMILES string of the molecule is CCCC[C@@H](CC)COc1cc(O)cc(-c2nc(-c3ccc(OC)cc3)nc(-c3ccc(OC[C@H](CC)CCCC)cc3O)n2)c1. The van der Waals surface area contributed by atoms with Gasteiger partial charge in [0.1, 0.15) is 28.7 Å². The topological polar surface area (TPSA) is 107 Å².